The Morgan fingerprint density at radius 3 is 2.51 bits per heavy atom. The first kappa shape index (κ1) is 29.9. The van der Waals surface area contributed by atoms with Crippen molar-refractivity contribution >= 4 is 59.9 Å². The number of carbonyl (C=O) groups is 2. The first-order valence-corrected chi connectivity index (χ1v) is 11.9. The van der Waals surface area contributed by atoms with E-state index in [1.54, 1.807) is 12.1 Å². The first-order chi connectivity index (χ1) is 19.0. The SMILES string of the molecule is [B]C1([B])N(CCNC(=O)c2cccc(/C(N)=N/N(C)N)c2)C(=O)c2cc3c(OCC(F)(F)F)nccc3n2C1([B])[B]. The number of ether oxygens (including phenoxy) is 1. The average molecular weight is 558 g/mol. The van der Waals surface area contributed by atoms with Crippen molar-refractivity contribution in [1.29, 1.82) is 0 Å². The fourth-order valence-corrected chi connectivity index (χ4v) is 4.35. The van der Waals surface area contributed by atoms with E-state index in [0.29, 0.717) is 5.56 Å². The number of amides is 2. The molecule has 4 rings (SSSR count). The lowest BCUT2D eigenvalue weighted by Crippen LogP contribution is -2.72. The summed E-state index contributed by atoms with van der Waals surface area (Å²) in [5.74, 6) is 3.90. The summed E-state index contributed by atoms with van der Waals surface area (Å²) in [6.45, 7) is -1.97. The third kappa shape index (κ3) is 5.73. The van der Waals surface area contributed by atoms with Gasteiger partial charge in [-0.25, -0.2) is 15.9 Å². The Kier molecular flexibility index (Phi) is 7.82. The molecule has 0 atom stereocenters. The van der Waals surface area contributed by atoms with Gasteiger partial charge in [0.15, 0.2) is 12.4 Å². The molecule has 0 unspecified atom stereocenters. The van der Waals surface area contributed by atoms with Crippen LogP contribution in [0.3, 0.4) is 0 Å². The summed E-state index contributed by atoms with van der Waals surface area (Å²) in [5, 5.41) is 3.23. The van der Waals surface area contributed by atoms with Crippen molar-refractivity contribution in [3.63, 3.8) is 0 Å². The zero-order chi connectivity index (χ0) is 30.3. The van der Waals surface area contributed by atoms with Crippen LogP contribution in [0.2, 0.25) is 0 Å². The molecule has 2 amide bonds. The van der Waals surface area contributed by atoms with E-state index in [-0.39, 0.29) is 41.1 Å². The number of hydrogen-bond donors (Lipinski definition) is 3. The van der Waals surface area contributed by atoms with Crippen LogP contribution in [0.15, 0.2) is 47.7 Å². The predicted molar refractivity (Wildman–Crippen MR) is 147 cm³/mol. The Bertz CT molecular complexity index is 1530. The number of halogens is 3. The first-order valence-electron chi connectivity index (χ1n) is 11.9. The molecule has 18 heteroatoms. The second-order valence-electron chi connectivity index (χ2n) is 9.32. The minimum atomic E-state index is -4.63. The number of nitrogens with zero attached hydrogens (tertiary/aromatic N) is 5. The molecule has 5 N–H and O–H groups in total. The van der Waals surface area contributed by atoms with Crippen molar-refractivity contribution < 1.29 is 27.5 Å². The normalized spacial score (nSPS) is 16.4. The lowest BCUT2D eigenvalue weighted by molar-refractivity contribution is -0.153. The average Bonchev–Trinajstić information content (AvgIpc) is 3.29. The largest absolute Gasteiger partial charge is 0.468 e. The highest BCUT2D eigenvalue weighted by atomic mass is 19.4. The fourth-order valence-electron chi connectivity index (χ4n) is 4.35. The van der Waals surface area contributed by atoms with Gasteiger partial charge in [-0.05, 0) is 34.9 Å². The second-order valence-corrected chi connectivity index (χ2v) is 9.32. The van der Waals surface area contributed by atoms with Gasteiger partial charge >= 0.3 is 6.18 Å². The summed E-state index contributed by atoms with van der Waals surface area (Å²) in [4.78, 5) is 31.1. The molecule has 1 aliphatic heterocycles. The highest BCUT2D eigenvalue weighted by Crippen LogP contribution is 2.39. The second kappa shape index (κ2) is 10.7. The van der Waals surface area contributed by atoms with E-state index in [2.05, 4.69) is 15.4 Å². The third-order valence-corrected chi connectivity index (χ3v) is 6.30. The maximum absolute atomic E-state index is 13.5. The smallest absolute Gasteiger partial charge is 0.422 e. The van der Waals surface area contributed by atoms with E-state index in [4.69, 9.17) is 47.7 Å². The van der Waals surface area contributed by atoms with Crippen LogP contribution < -0.4 is 21.6 Å². The number of aromatic nitrogens is 2. The van der Waals surface area contributed by atoms with E-state index in [1.807, 2.05) is 0 Å². The molecule has 2 aromatic heterocycles. The van der Waals surface area contributed by atoms with Gasteiger partial charge in [-0.3, -0.25) is 9.59 Å². The molecule has 0 bridgehead atoms. The number of carbonyl (C=O) groups excluding carboxylic acids is 2. The molecular weight excluding hydrogens is 537 g/mol. The Balaban J connectivity index is 1.57. The van der Waals surface area contributed by atoms with Gasteiger partial charge in [0.05, 0.1) is 42.3 Å². The van der Waals surface area contributed by atoms with Gasteiger partial charge in [-0.1, -0.05) is 12.1 Å². The van der Waals surface area contributed by atoms with Crippen LogP contribution in [0.4, 0.5) is 13.2 Å². The summed E-state index contributed by atoms with van der Waals surface area (Å²) in [6, 6.07) is 8.89. The van der Waals surface area contributed by atoms with Crippen LogP contribution >= 0.6 is 0 Å². The number of nitrogens with two attached hydrogens (primary N) is 2. The molecule has 204 valence electrons. The number of hydrazine groups is 1. The molecule has 0 saturated carbocycles. The minimum Gasteiger partial charge on any atom is -0.468 e. The highest BCUT2D eigenvalue weighted by molar-refractivity contribution is 6.54. The summed E-state index contributed by atoms with van der Waals surface area (Å²) in [5.41, 5.74) is 6.57. The Labute approximate surface area is 238 Å². The molecule has 0 spiro atoms. The summed E-state index contributed by atoms with van der Waals surface area (Å²) >= 11 is 0. The van der Waals surface area contributed by atoms with Crippen LogP contribution in [-0.2, 0) is 5.34 Å². The maximum Gasteiger partial charge on any atom is 0.422 e. The van der Waals surface area contributed by atoms with Crippen LogP contribution in [0.5, 0.6) is 5.88 Å². The Morgan fingerprint density at radius 1 is 1.17 bits per heavy atom. The summed E-state index contributed by atoms with van der Waals surface area (Å²) in [7, 11) is 26.8. The number of pyridine rings is 1. The van der Waals surface area contributed by atoms with E-state index < -0.39 is 41.2 Å². The number of alkyl halides is 3. The standard InChI is InChI=1S/C23H21B4F3N8O3/c1-36(32)35-17(31)12-3-2-4-13(9-12)18(39)33-7-8-37-20(40)16-10-14-15(38(16)23(26,27)22(37,24)25)5-6-34-19(14)41-11-21(28,29)30/h2-6,9-10H,7-8,11,32H2,1H3,(H2,31,35)(H,33,39). The number of benzene rings is 1. The van der Waals surface area contributed by atoms with Gasteiger partial charge in [-0.15, -0.1) is 5.10 Å². The van der Waals surface area contributed by atoms with Crippen molar-refractivity contribution in [1.82, 2.24) is 24.9 Å². The Hall–Kier alpha value is -4.07. The van der Waals surface area contributed by atoms with E-state index in [1.165, 1.54) is 37.5 Å². The molecule has 0 saturated heterocycles. The van der Waals surface area contributed by atoms with Crippen molar-refractivity contribution in [3.05, 3.63) is 59.4 Å². The van der Waals surface area contributed by atoms with Gasteiger partial charge in [-0.2, -0.15) is 13.2 Å². The molecule has 3 heterocycles. The predicted octanol–water partition coefficient (Wildman–Crippen LogP) is -0.773. The zero-order valence-electron chi connectivity index (χ0n) is 21.7. The monoisotopic (exact) mass is 558 g/mol. The summed E-state index contributed by atoms with van der Waals surface area (Å²) < 4.78 is 44.2. The molecule has 1 aliphatic rings. The van der Waals surface area contributed by atoms with Gasteiger partial charge in [0.2, 0.25) is 5.88 Å². The zero-order valence-corrected chi connectivity index (χ0v) is 21.7. The Morgan fingerprint density at radius 2 is 1.85 bits per heavy atom. The number of hydrazone groups is 1. The van der Waals surface area contributed by atoms with E-state index >= 15 is 0 Å². The number of rotatable bonds is 8. The number of amidine groups is 1. The third-order valence-electron chi connectivity index (χ3n) is 6.30. The van der Waals surface area contributed by atoms with Crippen LogP contribution in [0, 0.1) is 0 Å². The van der Waals surface area contributed by atoms with Gasteiger partial charge in [0.25, 0.3) is 11.8 Å². The minimum absolute atomic E-state index is 0.0369. The van der Waals surface area contributed by atoms with E-state index in [0.717, 1.165) is 14.6 Å². The van der Waals surface area contributed by atoms with Crippen LogP contribution in [0.1, 0.15) is 26.4 Å². The molecule has 11 nitrogen and oxygen atoms in total. The fraction of sp³-hybridized carbons (Fsp3) is 0.304. The lowest BCUT2D eigenvalue weighted by Gasteiger charge is -2.56. The van der Waals surface area contributed by atoms with Crippen LogP contribution in [0.25, 0.3) is 10.9 Å². The molecule has 1 aromatic carbocycles. The number of nitrogens with one attached hydrogen (secondary N) is 1. The lowest BCUT2D eigenvalue weighted by atomic mass is 9.36. The van der Waals surface area contributed by atoms with Crippen molar-refractivity contribution in [2.45, 2.75) is 16.9 Å². The molecule has 8 radical (unpaired) electrons. The number of hydrogen-bond acceptors (Lipinski definition) is 7. The van der Waals surface area contributed by atoms with E-state index in [9.17, 15) is 22.8 Å². The molecule has 3 aromatic rings. The van der Waals surface area contributed by atoms with Gasteiger partial charge in [0.1, 0.15) is 5.69 Å². The topological polar surface area (TPSA) is 144 Å². The van der Waals surface area contributed by atoms with Crippen molar-refractivity contribution in [2.75, 3.05) is 26.7 Å². The van der Waals surface area contributed by atoms with Crippen molar-refractivity contribution in [2.24, 2.45) is 16.7 Å². The maximum atomic E-state index is 13.5. The quantitative estimate of drug-likeness (QED) is 0.108. The number of fused-ring (bicyclic) bond motifs is 3. The van der Waals surface area contributed by atoms with Gasteiger partial charge < -0.3 is 25.3 Å². The van der Waals surface area contributed by atoms with Crippen molar-refractivity contribution in [3.8, 4) is 5.88 Å². The molecule has 0 fully saturated rings. The molecule has 41 heavy (non-hydrogen) atoms. The molecule has 0 aliphatic carbocycles. The van der Waals surface area contributed by atoms with Crippen LogP contribution in [-0.4, -0.2) is 107 Å². The van der Waals surface area contributed by atoms with Gasteiger partial charge in [0, 0.05) is 37.5 Å². The highest BCUT2D eigenvalue weighted by Gasteiger charge is 2.49. The molecular formula is C23H21B4F3N8O3. The summed E-state index contributed by atoms with van der Waals surface area (Å²) in [6.07, 6.45) is -3.46.